The van der Waals surface area contributed by atoms with Gasteiger partial charge in [-0.25, -0.2) is 0 Å². The van der Waals surface area contributed by atoms with Crippen molar-refractivity contribution in [3.63, 3.8) is 0 Å². The topological polar surface area (TPSA) is 86.6 Å². The molecule has 0 aromatic heterocycles. The summed E-state index contributed by atoms with van der Waals surface area (Å²) in [6, 6.07) is 0. The Balaban J connectivity index is 3.83. The van der Waals surface area contributed by atoms with E-state index in [1.807, 2.05) is 13.8 Å². The van der Waals surface area contributed by atoms with Gasteiger partial charge in [-0.1, -0.05) is 0 Å². The predicted molar refractivity (Wildman–Crippen MR) is 67.7 cm³/mol. The predicted octanol–water partition coefficient (Wildman–Crippen LogP) is -0.254. The van der Waals surface area contributed by atoms with Gasteiger partial charge in [0.05, 0.1) is 39.6 Å². The zero-order valence-electron chi connectivity index (χ0n) is 11.7. The average molecular weight is 282 g/mol. The monoisotopic (exact) mass is 282 g/mol. The van der Waals surface area contributed by atoms with E-state index in [1.54, 1.807) is 0 Å². The highest BCUT2D eigenvalue weighted by molar-refractivity contribution is 4.46. The number of hydrogen-bond acceptors (Lipinski definition) is 7. The van der Waals surface area contributed by atoms with Gasteiger partial charge in [0.25, 0.3) is 0 Å². The Labute approximate surface area is 114 Å². The Kier molecular flexibility index (Phi) is 13.9. The molecule has 2 unspecified atom stereocenters. The van der Waals surface area contributed by atoms with Crippen molar-refractivity contribution in [1.29, 1.82) is 0 Å². The van der Waals surface area contributed by atoms with Crippen LogP contribution in [0.4, 0.5) is 0 Å². The first-order valence-electron chi connectivity index (χ1n) is 6.54. The molecule has 0 rings (SSSR count). The fourth-order valence-corrected chi connectivity index (χ4v) is 1.29. The molecule has 2 N–H and O–H groups in total. The molecule has 7 nitrogen and oxygen atoms in total. The molecule has 0 aromatic rings. The molecular weight excluding hydrogens is 256 g/mol. The van der Waals surface area contributed by atoms with Crippen LogP contribution in [0.25, 0.3) is 0 Å². The molecular formula is C12H26O7. The van der Waals surface area contributed by atoms with Gasteiger partial charge in [-0.05, 0) is 13.8 Å². The Hall–Kier alpha value is -0.280. The molecule has 0 saturated carbocycles. The SMILES string of the molecule is CCOC(COCC(OCC)OCCO)OCCO. The van der Waals surface area contributed by atoms with Crippen molar-refractivity contribution in [1.82, 2.24) is 0 Å². The summed E-state index contributed by atoms with van der Waals surface area (Å²) < 4.78 is 26.4. The first kappa shape index (κ1) is 18.7. The van der Waals surface area contributed by atoms with E-state index >= 15 is 0 Å². The van der Waals surface area contributed by atoms with Crippen molar-refractivity contribution in [2.45, 2.75) is 26.4 Å². The minimum Gasteiger partial charge on any atom is -0.394 e. The molecule has 0 radical (unpaired) electrons. The lowest BCUT2D eigenvalue weighted by Gasteiger charge is -2.20. The standard InChI is InChI=1S/C12H26O7/c1-3-16-11(18-7-5-13)9-15-10-12(17-4-2)19-8-6-14/h11-14H,3-10H2,1-2H3. The van der Waals surface area contributed by atoms with Gasteiger partial charge < -0.3 is 33.9 Å². The van der Waals surface area contributed by atoms with Crippen molar-refractivity contribution >= 4 is 0 Å². The molecule has 2 atom stereocenters. The molecule has 7 heteroatoms. The average Bonchev–Trinajstić information content (AvgIpc) is 2.42. The zero-order chi connectivity index (χ0) is 14.3. The van der Waals surface area contributed by atoms with Gasteiger partial charge in [0.15, 0.2) is 12.6 Å². The van der Waals surface area contributed by atoms with Gasteiger partial charge >= 0.3 is 0 Å². The number of aliphatic hydroxyl groups is 2. The largest absolute Gasteiger partial charge is 0.394 e. The van der Waals surface area contributed by atoms with Gasteiger partial charge in [-0.2, -0.15) is 0 Å². The molecule has 0 saturated heterocycles. The normalized spacial score (nSPS) is 14.5. The molecule has 0 aliphatic carbocycles. The van der Waals surface area contributed by atoms with E-state index in [4.69, 9.17) is 33.9 Å². The third kappa shape index (κ3) is 11.3. The van der Waals surface area contributed by atoms with E-state index in [0.29, 0.717) is 13.2 Å². The van der Waals surface area contributed by atoms with E-state index < -0.39 is 12.6 Å². The maximum Gasteiger partial charge on any atom is 0.180 e. The van der Waals surface area contributed by atoms with E-state index in [2.05, 4.69) is 0 Å². The second-order valence-corrected chi connectivity index (χ2v) is 3.50. The molecule has 0 bridgehead atoms. The number of hydrogen-bond donors (Lipinski definition) is 2. The van der Waals surface area contributed by atoms with Crippen LogP contribution in [0.15, 0.2) is 0 Å². The van der Waals surface area contributed by atoms with E-state index in [1.165, 1.54) is 0 Å². The van der Waals surface area contributed by atoms with Gasteiger partial charge in [0, 0.05) is 13.2 Å². The highest BCUT2D eigenvalue weighted by atomic mass is 16.7. The van der Waals surface area contributed by atoms with Crippen LogP contribution in [-0.4, -0.2) is 75.6 Å². The van der Waals surface area contributed by atoms with Gasteiger partial charge in [0.2, 0.25) is 0 Å². The molecule has 0 heterocycles. The fraction of sp³-hybridized carbons (Fsp3) is 1.00. The molecule has 0 aromatic carbocycles. The quantitative estimate of drug-likeness (QED) is 0.425. The summed E-state index contributed by atoms with van der Waals surface area (Å²) >= 11 is 0. The number of ether oxygens (including phenoxy) is 5. The van der Waals surface area contributed by atoms with Crippen molar-refractivity contribution in [3.05, 3.63) is 0 Å². The van der Waals surface area contributed by atoms with E-state index in [-0.39, 0.29) is 39.6 Å². The third-order valence-electron chi connectivity index (χ3n) is 2.00. The number of aliphatic hydroxyl groups excluding tert-OH is 2. The maximum absolute atomic E-state index is 8.68. The summed E-state index contributed by atoms with van der Waals surface area (Å²) in [6.07, 6.45) is -1.03. The minimum absolute atomic E-state index is 0.0647. The summed E-state index contributed by atoms with van der Waals surface area (Å²) in [5.41, 5.74) is 0. The third-order valence-corrected chi connectivity index (χ3v) is 2.00. The lowest BCUT2D eigenvalue weighted by atomic mass is 10.6. The summed E-state index contributed by atoms with van der Waals surface area (Å²) in [5, 5.41) is 17.4. The van der Waals surface area contributed by atoms with Crippen LogP contribution in [0.3, 0.4) is 0 Å². The summed E-state index contributed by atoms with van der Waals surface area (Å²) in [5.74, 6) is 0. The first-order valence-corrected chi connectivity index (χ1v) is 6.54. The Bertz CT molecular complexity index is 161. The fourth-order valence-electron chi connectivity index (χ4n) is 1.29. The van der Waals surface area contributed by atoms with Crippen molar-refractivity contribution in [2.75, 3.05) is 52.9 Å². The zero-order valence-corrected chi connectivity index (χ0v) is 11.7. The Morgan fingerprint density at radius 1 is 0.737 bits per heavy atom. The van der Waals surface area contributed by atoms with Crippen LogP contribution in [0, 0.1) is 0 Å². The molecule has 116 valence electrons. The lowest BCUT2D eigenvalue weighted by molar-refractivity contribution is -0.207. The van der Waals surface area contributed by atoms with Gasteiger partial charge in [-0.3, -0.25) is 0 Å². The smallest absolute Gasteiger partial charge is 0.180 e. The van der Waals surface area contributed by atoms with E-state index in [9.17, 15) is 0 Å². The van der Waals surface area contributed by atoms with Crippen LogP contribution in [0.1, 0.15) is 13.8 Å². The first-order chi connectivity index (χ1) is 9.28. The summed E-state index contributed by atoms with van der Waals surface area (Å²) in [7, 11) is 0. The van der Waals surface area contributed by atoms with Crippen molar-refractivity contribution in [2.24, 2.45) is 0 Å². The number of rotatable bonds is 14. The van der Waals surface area contributed by atoms with Crippen LogP contribution in [-0.2, 0) is 23.7 Å². The molecule has 0 fully saturated rings. The molecule has 0 spiro atoms. The Morgan fingerprint density at radius 3 is 1.47 bits per heavy atom. The Morgan fingerprint density at radius 2 is 1.16 bits per heavy atom. The highest BCUT2D eigenvalue weighted by Gasteiger charge is 2.13. The highest BCUT2D eigenvalue weighted by Crippen LogP contribution is 2.00. The molecule has 0 aliphatic rings. The summed E-state index contributed by atoms with van der Waals surface area (Å²) in [4.78, 5) is 0. The van der Waals surface area contributed by atoms with Crippen molar-refractivity contribution < 1.29 is 33.9 Å². The molecule has 0 aliphatic heterocycles. The van der Waals surface area contributed by atoms with Gasteiger partial charge in [0.1, 0.15) is 0 Å². The summed E-state index contributed by atoms with van der Waals surface area (Å²) in [6.45, 7) is 5.40. The maximum atomic E-state index is 8.68. The lowest BCUT2D eigenvalue weighted by Crippen LogP contribution is -2.30. The van der Waals surface area contributed by atoms with Crippen LogP contribution >= 0.6 is 0 Å². The second-order valence-electron chi connectivity index (χ2n) is 3.50. The molecule has 0 amide bonds. The second kappa shape index (κ2) is 14.1. The van der Waals surface area contributed by atoms with E-state index in [0.717, 1.165) is 0 Å². The van der Waals surface area contributed by atoms with Crippen molar-refractivity contribution in [3.8, 4) is 0 Å². The van der Waals surface area contributed by atoms with Gasteiger partial charge in [-0.15, -0.1) is 0 Å². The molecule has 19 heavy (non-hydrogen) atoms. The van der Waals surface area contributed by atoms with Crippen LogP contribution < -0.4 is 0 Å². The van der Waals surface area contributed by atoms with Crippen LogP contribution in [0.2, 0.25) is 0 Å². The minimum atomic E-state index is -0.516. The van der Waals surface area contributed by atoms with Crippen LogP contribution in [0.5, 0.6) is 0 Å².